The topological polar surface area (TPSA) is 152 Å². The van der Waals surface area contributed by atoms with Crippen LogP contribution in [0.4, 0.5) is 5.69 Å². The summed E-state index contributed by atoms with van der Waals surface area (Å²) in [7, 11) is -3.13. The molecule has 2 aliphatic rings. The number of nitro benzene ring substituents is 1. The zero-order chi connectivity index (χ0) is 23.8. The number of rotatable bonds is 6. The summed E-state index contributed by atoms with van der Waals surface area (Å²) in [5.74, 6) is -1.91. The van der Waals surface area contributed by atoms with Gasteiger partial charge < -0.3 is 24.6 Å². The minimum Gasteiger partial charge on any atom is -0.490 e. The smallest absolute Gasteiger partial charge is 0.312 e. The van der Waals surface area contributed by atoms with E-state index in [4.69, 9.17) is 9.47 Å². The highest BCUT2D eigenvalue weighted by Crippen LogP contribution is 2.41. The lowest BCUT2D eigenvalue weighted by Crippen LogP contribution is -2.50. The van der Waals surface area contributed by atoms with Crippen LogP contribution in [0.3, 0.4) is 0 Å². The molecule has 11 nitrogen and oxygen atoms in total. The molecule has 2 N–H and O–H groups in total. The van der Waals surface area contributed by atoms with Crippen LogP contribution in [0, 0.1) is 10.1 Å². The molecule has 0 spiro atoms. The van der Waals surface area contributed by atoms with E-state index in [0.717, 1.165) is 6.07 Å². The van der Waals surface area contributed by atoms with Crippen molar-refractivity contribution in [2.75, 3.05) is 33.4 Å². The molecule has 0 amide bonds. The molecule has 1 aliphatic heterocycles. The summed E-state index contributed by atoms with van der Waals surface area (Å²) in [4.78, 5) is 11.9. The first-order chi connectivity index (χ1) is 15.7. The van der Waals surface area contributed by atoms with Crippen LogP contribution in [-0.4, -0.2) is 67.6 Å². The molecule has 0 saturated carbocycles. The Morgan fingerprint density at radius 2 is 2.06 bits per heavy atom. The van der Waals surface area contributed by atoms with Gasteiger partial charge >= 0.3 is 5.69 Å². The van der Waals surface area contributed by atoms with Crippen LogP contribution in [0.5, 0.6) is 5.75 Å². The molecular formula is C21H21N3O8S. The summed E-state index contributed by atoms with van der Waals surface area (Å²) in [5.41, 5.74) is 0.402. The molecular weight excluding hydrogens is 454 g/mol. The van der Waals surface area contributed by atoms with Gasteiger partial charge in [-0.3, -0.25) is 10.1 Å². The fraction of sp³-hybridized carbons (Fsp3) is 0.286. The molecule has 33 heavy (non-hydrogen) atoms. The van der Waals surface area contributed by atoms with E-state index in [0.29, 0.717) is 17.7 Å². The van der Waals surface area contributed by atoms with Crippen molar-refractivity contribution in [3.63, 3.8) is 0 Å². The van der Waals surface area contributed by atoms with Crippen molar-refractivity contribution >= 4 is 21.4 Å². The number of β-amino-alcohol motifs (C(OH)–C–C–N with tert-alkyl or cyclic N) is 1. The first kappa shape index (κ1) is 22.9. The lowest BCUT2D eigenvalue weighted by Gasteiger charge is -2.45. The number of methoxy groups -OCH3 is 1. The molecule has 0 aromatic heterocycles. The van der Waals surface area contributed by atoms with Crippen LogP contribution in [0.15, 0.2) is 63.5 Å². The van der Waals surface area contributed by atoms with E-state index in [2.05, 4.69) is 4.40 Å². The first-order valence-electron chi connectivity index (χ1n) is 9.93. The van der Waals surface area contributed by atoms with Gasteiger partial charge in [0.25, 0.3) is 10.0 Å². The number of morpholine rings is 1. The molecule has 1 heterocycles. The Hall–Kier alpha value is -3.32. The van der Waals surface area contributed by atoms with Gasteiger partial charge in [-0.1, -0.05) is 24.3 Å². The second-order valence-electron chi connectivity index (χ2n) is 7.32. The molecule has 1 atom stereocenters. The second kappa shape index (κ2) is 8.56. The maximum Gasteiger partial charge on any atom is 0.312 e. The van der Waals surface area contributed by atoms with E-state index in [1.807, 2.05) is 0 Å². The molecule has 0 radical (unpaired) electrons. The average molecular weight is 475 g/mol. The lowest BCUT2D eigenvalue weighted by atomic mass is 9.86. The van der Waals surface area contributed by atoms with Gasteiger partial charge in [-0.25, -0.2) is 0 Å². The standard InChI is InChI=1S/C21H21N3O8S/c1-31-19-7-6-14(12-18(19)24(27)28)33(29,30)22-17-13-20-21(26,16-5-3-2-4-15(16)17)32-11-9-23(20)8-10-25/h2-7,12-13,25-26H,8-11H2,1H3/t21-/m0/s1. The Bertz CT molecular complexity index is 1270. The van der Waals surface area contributed by atoms with Gasteiger partial charge in [0.2, 0.25) is 5.79 Å². The summed E-state index contributed by atoms with van der Waals surface area (Å²) >= 11 is 0. The number of nitrogens with zero attached hydrogens (tertiary/aromatic N) is 3. The predicted molar refractivity (Wildman–Crippen MR) is 116 cm³/mol. The molecule has 4 rings (SSSR count). The Labute approximate surface area is 189 Å². The zero-order valence-electron chi connectivity index (χ0n) is 17.5. The molecule has 2 aromatic rings. The van der Waals surface area contributed by atoms with Crippen molar-refractivity contribution in [3.05, 3.63) is 75.5 Å². The number of aliphatic hydroxyl groups excluding tert-OH is 1. The van der Waals surface area contributed by atoms with Crippen molar-refractivity contribution in [1.82, 2.24) is 4.90 Å². The van der Waals surface area contributed by atoms with Crippen molar-refractivity contribution in [2.24, 2.45) is 4.40 Å². The van der Waals surface area contributed by atoms with E-state index >= 15 is 0 Å². The van der Waals surface area contributed by atoms with E-state index in [9.17, 15) is 28.7 Å². The summed E-state index contributed by atoms with van der Waals surface area (Å²) in [6.07, 6.45) is 1.40. The number of benzene rings is 2. The summed E-state index contributed by atoms with van der Waals surface area (Å²) in [5, 5.41) is 32.1. The largest absolute Gasteiger partial charge is 0.490 e. The van der Waals surface area contributed by atoms with Gasteiger partial charge in [0.1, 0.15) is 0 Å². The molecule has 174 valence electrons. The van der Waals surface area contributed by atoms with Gasteiger partial charge in [-0.2, -0.15) is 12.8 Å². The summed E-state index contributed by atoms with van der Waals surface area (Å²) < 4.78 is 40.8. The predicted octanol–water partition coefficient (Wildman–Crippen LogP) is 1.15. The Morgan fingerprint density at radius 1 is 1.30 bits per heavy atom. The zero-order valence-corrected chi connectivity index (χ0v) is 18.4. The number of aliphatic hydroxyl groups is 2. The third-order valence-corrected chi connectivity index (χ3v) is 6.72. The van der Waals surface area contributed by atoms with Crippen molar-refractivity contribution in [2.45, 2.75) is 10.7 Å². The Balaban J connectivity index is 1.88. The first-order valence-corrected chi connectivity index (χ1v) is 11.4. The summed E-state index contributed by atoms with van der Waals surface area (Å²) in [6.45, 7) is 0.587. The van der Waals surface area contributed by atoms with Crippen molar-refractivity contribution in [1.29, 1.82) is 0 Å². The van der Waals surface area contributed by atoms with Crippen LogP contribution in [0.1, 0.15) is 11.1 Å². The van der Waals surface area contributed by atoms with Gasteiger partial charge in [-0.15, -0.1) is 0 Å². The van der Waals surface area contributed by atoms with Crippen LogP contribution in [-0.2, 0) is 20.5 Å². The number of hydrogen-bond acceptors (Lipinski definition) is 9. The quantitative estimate of drug-likeness (QED) is 0.463. The SMILES string of the molecule is COc1ccc(S(=O)(=O)N=C2C=C3N(CCO)CCO[C@@]3(O)c3ccccc32)cc1[N+](=O)[O-]. The van der Waals surface area contributed by atoms with Crippen LogP contribution < -0.4 is 4.74 Å². The molecule has 1 fully saturated rings. The number of fused-ring (bicyclic) bond motifs is 3. The van der Waals surface area contributed by atoms with Crippen molar-refractivity contribution in [3.8, 4) is 5.75 Å². The van der Waals surface area contributed by atoms with E-state index < -0.39 is 26.4 Å². The lowest BCUT2D eigenvalue weighted by molar-refractivity contribution is -0.386. The van der Waals surface area contributed by atoms with Crippen LogP contribution in [0.2, 0.25) is 0 Å². The number of allylic oxidation sites excluding steroid dienone is 1. The number of sulfonamides is 1. The maximum absolute atomic E-state index is 13.1. The second-order valence-corrected chi connectivity index (χ2v) is 8.92. The molecule has 0 unspecified atom stereocenters. The minimum atomic E-state index is -4.38. The van der Waals surface area contributed by atoms with Gasteiger partial charge in [0.15, 0.2) is 5.75 Å². The summed E-state index contributed by atoms with van der Waals surface area (Å²) in [6, 6.07) is 9.78. The van der Waals surface area contributed by atoms with E-state index in [1.165, 1.54) is 25.3 Å². The Kier molecular flexibility index (Phi) is 5.93. The molecule has 1 aliphatic carbocycles. The minimum absolute atomic E-state index is 0.0252. The Morgan fingerprint density at radius 3 is 2.76 bits per heavy atom. The highest BCUT2D eigenvalue weighted by atomic mass is 32.2. The fourth-order valence-corrected chi connectivity index (χ4v) is 4.93. The fourth-order valence-electron chi connectivity index (χ4n) is 3.91. The molecule has 1 saturated heterocycles. The van der Waals surface area contributed by atoms with Crippen LogP contribution >= 0.6 is 0 Å². The number of nitro groups is 1. The number of ether oxygens (including phenoxy) is 2. The maximum atomic E-state index is 13.1. The highest BCUT2D eigenvalue weighted by Gasteiger charge is 2.46. The van der Waals surface area contributed by atoms with Crippen LogP contribution in [0.25, 0.3) is 0 Å². The molecule has 2 aromatic carbocycles. The molecule has 0 bridgehead atoms. The van der Waals surface area contributed by atoms with E-state index in [1.54, 1.807) is 29.2 Å². The monoisotopic (exact) mass is 475 g/mol. The van der Waals surface area contributed by atoms with Gasteiger partial charge in [0.05, 0.1) is 41.6 Å². The van der Waals surface area contributed by atoms with Gasteiger partial charge in [-0.05, 0) is 18.2 Å². The van der Waals surface area contributed by atoms with Crippen molar-refractivity contribution < 1.29 is 33.0 Å². The third-order valence-electron chi connectivity index (χ3n) is 5.43. The van der Waals surface area contributed by atoms with E-state index in [-0.39, 0.29) is 41.8 Å². The highest BCUT2D eigenvalue weighted by molar-refractivity contribution is 7.90. The normalized spacial score (nSPS) is 21.2. The number of hydrogen-bond donors (Lipinski definition) is 2. The average Bonchev–Trinajstić information content (AvgIpc) is 2.80. The third kappa shape index (κ3) is 3.97. The van der Waals surface area contributed by atoms with Gasteiger partial charge in [0, 0.05) is 30.3 Å². The molecule has 12 heteroatoms.